The fraction of sp³-hybridized carbons (Fsp3) is 0.533. The van der Waals surface area contributed by atoms with Crippen LogP contribution in [-0.4, -0.2) is 29.9 Å². The van der Waals surface area contributed by atoms with E-state index in [4.69, 9.17) is 5.73 Å². The Morgan fingerprint density at radius 3 is 2.90 bits per heavy atom. The van der Waals surface area contributed by atoms with Crippen LogP contribution in [0.25, 0.3) is 0 Å². The van der Waals surface area contributed by atoms with Crippen LogP contribution >= 0.6 is 0 Å². The van der Waals surface area contributed by atoms with Crippen LogP contribution in [0.15, 0.2) is 18.2 Å². The summed E-state index contributed by atoms with van der Waals surface area (Å²) in [6, 6.07) is 3.42. The molecule has 1 aromatic carbocycles. The molecular formula is C15H20F2N2O. The van der Waals surface area contributed by atoms with E-state index in [2.05, 4.69) is 0 Å². The number of halogens is 2. The number of amides is 1. The number of aryl methyl sites for hydroxylation is 1. The summed E-state index contributed by atoms with van der Waals surface area (Å²) in [6.07, 6.45) is 3.41. The van der Waals surface area contributed by atoms with Gasteiger partial charge < -0.3 is 10.6 Å². The number of carbonyl (C=O) groups is 1. The molecule has 0 radical (unpaired) electrons. The van der Waals surface area contributed by atoms with Crippen molar-refractivity contribution in [1.82, 2.24) is 4.90 Å². The standard InChI is InChI=1S/C15H20F2N2O/c16-12-5-6-14(17)11(9-12)4-7-15(20)19-8-2-1-3-13(19)10-18/h5-6,9,13H,1-4,7-8,10,18H2. The van der Waals surface area contributed by atoms with Gasteiger partial charge in [0.15, 0.2) is 0 Å². The quantitative estimate of drug-likeness (QED) is 0.920. The highest BCUT2D eigenvalue weighted by atomic mass is 19.1. The van der Waals surface area contributed by atoms with Gasteiger partial charge in [0.2, 0.25) is 5.91 Å². The Morgan fingerprint density at radius 1 is 1.35 bits per heavy atom. The zero-order valence-electron chi connectivity index (χ0n) is 11.4. The zero-order valence-corrected chi connectivity index (χ0v) is 11.4. The van der Waals surface area contributed by atoms with Gasteiger partial charge in [-0.05, 0) is 49.4 Å². The van der Waals surface area contributed by atoms with E-state index < -0.39 is 11.6 Å². The van der Waals surface area contributed by atoms with Gasteiger partial charge in [-0.15, -0.1) is 0 Å². The summed E-state index contributed by atoms with van der Waals surface area (Å²) in [5.41, 5.74) is 5.93. The van der Waals surface area contributed by atoms with Gasteiger partial charge in [-0.25, -0.2) is 8.78 Å². The number of benzene rings is 1. The molecular weight excluding hydrogens is 262 g/mol. The average Bonchev–Trinajstić information content (AvgIpc) is 2.47. The molecule has 20 heavy (non-hydrogen) atoms. The van der Waals surface area contributed by atoms with E-state index in [1.54, 1.807) is 4.90 Å². The molecule has 2 rings (SSSR count). The fourth-order valence-corrected chi connectivity index (χ4v) is 2.69. The number of nitrogens with zero attached hydrogens (tertiary/aromatic N) is 1. The molecule has 0 spiro atoms. The van der Waals surface area contributed by atoms with Crippen molar-refractivity contribution in [2.75, 3.05) is 13.1 Å². The predicted molar refractivity (Wildman–Crippen MR) is 73.1 cm³/mol. The Morgan fingerprint density at radius 2 is 2.15 bits per heavy atom. The highest BCUT2D eigenvalue weighted by Gasteiger charge is 2.25. The van der Waals surface area contributed by atoms with E-state index >= 15 is 0 Å². The minimum Gasteiger partial charge on any atom is -0.338 e. The molecule has 0 aromatic heterocycles. The summed E-state index contributed by atoms with van der Waals surface area (Å²) in [4.78, 5) is 14.0. The Labute approximate surface area is 117 Å². The number of piperidine rings is 1. The van der Waals surface area contributed by atoms with E-state index in [0.29, 0.717) is 13.1 Å². The molecule has 0 bridgehead atoms. The number of nitrogens with two attached hydrogens (primary N) is 1. The topological polar surface area (TPSA) is 46.3 Å². The van der Waals surface area contributed by atoms with E-state index in [9.17, 15) is 13.6 Å². The summed E-state index contributed by atoms with van der Waals surface area (Å²) < 4.78 is 26.6. The monoisotopic (exact) mass is 282 g/mol. The first kappa shape index (κ1) is 14.9. The summed E-state index contributed by atoms with van der Waals surface area (Å²) in [6.45, 7) is 1.17. The Bertz CT molecular complexity index is 479. The molecule has 0 saturated carbocycles. The Kier molecular flexibility index (Phi) is 5.06. The van der Waals surface area contributed by atoms with E-state index in [1.807, 2.05) is 0 Å². The molecule has 1 aromatic rings. The zero-order chi connectivity index (χ0) is 14.5. The lowest BCUT2D eigenvalue weighted by Crippen LogP contribution is -2.47. The van der Waals surface area contributed by atoms with Gasteiger partial charge in [0, 0.05) is 25.6 Å². The van der Waals surface area contributed by atoms with Crippen molar-refractivity contribution in [2.24, 2.45) is 5.73 Å². The van der Waals surface area contributed by atoms with Crippen LogP contribution in [0, 0.1) is 11.6 Å². The number of rotatable bonds is 4. The van der Waals surface area contributed by atoms with E-state index in [-0.39, 0.29) is 30.4 Å². The third-order valence-corrected chi connectivity index (χ3v) is 3.84. The molecule has 1 aliphatic rings. The van der Waals surface area contributed by atoms with Gasteiger partial charge in [0.25, 0.3) is 0 Å². The smallest absolute Gasteiger partial charge is 0.223 e. The summed E-state index contributed by atoms with van der Waals surface area (Å²) >= 11 is 0. The Hall–Kier alpha value is -1.49. The van der Waals surface area contributed by atoms with Gasteiger partial charge in [0.1, 0.15) is 11.6 Å². The molecule has 2 N–H and O–H groups in total. The predicted octanol–water partition coefficient (Wildman–Crippen LogP) is 2.24. The minimum atomic E-state index is -0.480. The van der Waals surface area contributed by atoms with E-state index in [1.165, 1.54) is 0 Å². The third-order valence-electron chi connectivity index (χ3n) is 3.84. The van der Waals surface area contributed by atoms with Gasteiger partial charge in [-0.2, -0.15) is 0 Å². The molecule has 1 atom stereocenters. The molecule has 1 fully saturated rings. The molecule has 1 heterocycles. The first-order chi connectivity index (χ1) is 9.61. The fourth-order valence-electron chi connectivity index (χ4n) is 2.69. The van der Waals surface area contributed by atoms with Gasteiger partial charge in [-0.1, -0.05) is 0 Å². The summed E-state index contributed by atoms with van der Waals surface area (Å²) in [5, 5.41) is 0. The molecule has 0 aliphatic carbocycles. The molecule has 110 valence electrons. The lowest BCUT2D eigenvalue weighted by molar-refractivity contribution is -0.134. The lowest BCUT2D eigenvalue weighted by atomic mass is 10.0. The van der Waals surface area contributed by atoms with Crippen molar-refractivity contribution in [3.63, 3.8) is 0 Å². The molecule has 1 unspecified atom stereocenters. The molecule has 1 aliphatic heterocycles. The largest absolute Gasteiger partial charge is 0.338 e. The second-order valence-electron chi connectivity index (χ2n) is 5.21. The molecule has 3 nitrogen and oxygen atoms in total. The summed E-state index contributed by atoms with van der Waals surface area (Å²) in [7, 11) is 0. The first-order valence-electron chi connectivity index (χ1n) is 7.05. The van der Waals surface area contributed by atoms with Crippen molar-refractivity contribution < 1.29 is 13.6 Å². The molecule has 1 amide bonds. The van der Waals surface area contributed by atoms with E-state index in [0.717, 1.165) is 37.5 Å². The number of carbonyl (C=O) groups excluding carboxylic acids is 1. The molecule has 1 saturated heterocycles. The SMILES string of the molecule is NCC1CCCCN1C(=O)CCc1cc(F)ccc1F. The summed E-state index contributed by atoms with van der Waals surface area (Å²) in [5.74, 6) is -0.969. The molecule has 5 heteroatoms. The minimum absolute atomic E-state index is 0.0242. The maximum Gasteiger partial charge on any atom is 0.223 e. The van der Waals surface area contributed by atoms with Crippen LogP contribution in [-0.2, 0) is 11.2 Å². The maximum atomic E-state index is 13.5. The number of hydrogen-bond acceptors (Lipinski definition) is 2. The van der Waals surface area contributed by atoms with Crippen molar-refractivity contribution in [3.8, 4) is 0 Å². The Balaban J connectivity index is 1.95. The first-order valence-corrected chi connectivity index (χ1v) is 7.05. The van der Waals surface area contributed by atoms with Crippen LogP contribution in [0.4, 0.5) is 8.78 Å². The van der Waals surface area contributed by atoms with Gasteiger partial charge in [-0.3, -0.25) is 4.79 Å². The second kappa shape index (κ2) is 6.79. The number of likely N-dealkylation sites (tertiary alicyclic amines) is 1. The number of hydrogen-bond donors (Lipinski definition) is 1. The van der Waals surface area contributed by atoms with Crippen LogP contribution in [0.3, 0.4) is 0 Å². The van der Waals surface area contributed by atoms with Crippen molar-refractivity contribution >= 4 is 5.91 Å². The third kappa shape index (κ3) is 3.54. The van der Waals surface area contributed by atoms with Crippen LogP contribution in [0.5, 0.6) is 0 Å². The lowest BCUT2D eigenvalue weighted by Gasteiger charge is -2.35. The van der Waals surface area contributed by atoms with Crippen LogP contribution in [0.2, 0.25) is 0 Å². The highest BCUT2D eigenvalue weighted by Crippen LogP contribution is 2.18. The van der Waals surface area contributed by atoms with Crippen molar-refractivity contribution in [1.29, 1.82) is 0 Å². The normalized spacial score (nSPS) is 19.1. The van der Waals surface area contributed by atoms with Crippen LogP contribution in [0.1, 0.15) is 31.2 Å². The second-order valence-corrected chi connectivity index (χ2v) is 5.21. The van der Waals surface area contributed by atoms with Gasteiger partial charge in [0.05, 0.1) is 0 Å². The highest BCUT2D eigenvalue weighted by molar-refractivity contribution is 5.77. The van der Waals surface area contributed by atoms with Gasteiger partial charge >= 0.3 is 0 Å². The maximum absolute atomic E-state index is 13.5. The van der Waals surface area contributed by atoms with Crippen molar-refractivity contribution in [2.45, 2.75) is 38.1 Å². The van der Waals surface area contributed by atoms with Crippen molar-refractivity contribution in [3.05, 3.63) is 35.4 Å². The van der Waals surface area contributed by atoms with Crippen LogP contribution < -0.4 is 5.73 Å². The average molecular weight is 282 g/mol.